The van der Waals surface area contributed by atoms with Gasteiger partial charge in [-0.3, -0.25) is 9.59 Å². The summed E-state index contributed by atoms with van der Waals surface area (Å²) in [6.45, 7) is 5.31. The average Bonchev–Trinajstić information content (AvgIpc) is 2.55. The van der Waals surface area contributed by atoms with E-state index in [0.29, 0.717) is 29.7 Å². The van der Waals surface area contributed by atoms with Crippen molar-refractivity contribution >= 4 is 5.91 Å². The molecule has 0 radical (unpaired) electrons. The van der Waals surface area contributed by atoms with Crippen molar-refractivity contribution in [2.75, 3.05) is 0 Å². The molecule has 1 amide bonds. The summed E-state index contributed by atoms with van der Waals surface area (Å²) in [5.41, 5.74) is 0.116. The SMILES string of the molecule is CC(C)c1nn(CC(=O)N[C@H]2C[C@@](C)(O)C2)c(=O)cc1-c1ccccc1F. The lowest BCUT2D eigenvalue weighted by molar-refractivity contribution is -0.125. The van der Waals surface area contributed by atoms with Crippen LogP contribution in [0.25, 0.3) is 11.1 Å². The number of hydrogen-bond acceptors (Lipinski definition) is 4. The first-order valence-electron chi connectivity index (χ1n) is 9.05. The van der Waals surface area contributed by atoms with E-state index in [1.165, 1.54) is 12.1 Å². The molecule has 3 rings (SSSR count). The number of rotatable bonds is 5. The number of carbonyl (C=O) groups is 1. The molecule has 1 aromatic heterocycles. The summed E-state index contributed by atoms with van der Waals surface area (Å²) in [6, 6.07) is 7.48. The molecule has 7 heteroatoms. The Morgan fingerprint density at radius 1 is 1.37 bits per heavy atom. The molecule has 0 atom stereocenters. The Morgan fingerprint density at radius 3 is 2.63 bits per heavy atom. The minimum Gasteiger partial charge on any atom is -0.390 e. The van der Waals surface area contributed by atoms with Gasteiger partial charge in [-0.1, -0.05) is 32.0 Å². The van der Waals surface area contributed by atoms with Crippen LogP contribution in [0.1, 0.15) is 45.2 Å². The highest BCUT2D eigenvalue weighted by Crippen LogP contribution is 2.31. The Hall–Kier alpha value is -2.54. The third-order valence-electron chi connectivity index (χ3n) is 4.77. The summed E-state index contributed by atoms with van der Waals surface area (Å²) in [5, 5.41) is 16.9. The second-order valence-corrected chi connectivity index (χ2v) is 7.74. The van der Waals surface area contributed by atoms with Crippen LogP contribution in [-0.2, 0) is 11.3 Å². The average molecular weight is 373 g/mol. The number of carbonyl (C=O) groups excluding carboxylic acids is 1. The van der Waals surface area contributed by atoms with Crippen molar-refractivity contribution in [3.63, 3.8) is 0 Å². The number of amides is 1. The minimum atomic E-state index is -0.737. The summed E-state index contributed by atoms with van der Waals surface area (Å²) >= 11 is 0. The van der Waals surface area contributed by atoms with Crippen molar-refractivity contribution < 1.29 is 14.3 Å². The van der Waals surface area contributed by atoms with Crippen LogP contribution in [-0.4, -0.2) is 32.4 Å². The lowest BCUT2D eigenvalue weighted by Crippen LogP contribution is -2.54. The summed E-state index contributed by atoms with van der Waals surface area (Å²) in [5.74, 6) is -0.817. The Kier molecular flexibility index (Phi) is 5.15. The topological polar surface area (TPSA) is 84.2 Å². The summed E-state index contributed by atoms with van der Waals surface area (Å²) in [6.07, 6.45) is 0.981. The number of nitrogens with zero attached hydrogens (tertiary/aromatic N) is 2. The van der Waals surface area contributed by atoms with E-state index in [2.05, 4.69) is 10.4 Å². The fraction of sp³-hybridized carbons (Fsp3) is 0.450. The van der Waals surface area contributed by atoms with E-state index in [9.17, 15) is 19.1 Å². The van der Waals surface area contributed by atoms with Gasteiger partial charge in [-0.25, -0.2) is 9.07 Å². The number of benzene rings is 1. The van der Waals surface area contributed by atoms with Gasteiger partial charge >= 0.3 is 0 Å². The van der Waals surface area contributed by atoms with E-state index >= 15 is 0 Å². The fourth-order valence-electron chi connectivity index (χ4n) is 3.45. The molecule has 0 spiro atoms. The smallest absolute Gasteiger partial charge is 0.267 e. The highest BCUT2D eigenvalue weighted by molar-refractivity contribution is 5.76. The van der Waals surface area contributed by atoms with Gasteiger partial charge in [-0.2, -0.15) is 5.10 Å². The second kappa shape index (κ2) is 7.23. The molecule has 1 fully saturated rings. The Morgan fingerprint density at radius 2 is 2.04 bits per heavy atom. The number of hydrogen-bond donors (Lipinski definition) is 2. The molecule has 1 heterocycles. The van der Waals surface area contributed by atoms with Gasteiger partial charge in [-0.15, -0.1) is 0 Å². The third kappa shape index (κ3) is 4.24. The van der Waals surface area contributed by atoms with Gasteiger partial charge in [0.05, 0.1) is 11.3 Å². The summed E-state index contributed by atoms with van der Waals surface area (Å²) in [4.78, 5) is 24.7. The third-order valence-corrected chi connectivity index (χ3v) is 4.77. The molecule has 1 aliphatic carbocycles. The zero-order valence-electron chi connectivity index (χ0n) is 15.7. The summed E-state index contributed by atoms with van der Waals surface area (Å²) < 4.78 is 15.3. The van der Waals surface area contributed by atoms with Crippen LogP contribution in [0, 0.1) is 5.82 Å². The Labute approximate surface area is 157 Å². The number of halogens is 1. The molecule has 2 aromatic rings. The van der Waals surface area contributed by atoms with Crippen molar-refractivity contribution in [3.8, 4) is 11.1 Å². The quantitative estimate of drug-likeness (QED) is 0.842. The molecule has 1 aliphatic rings. The predicted octanol–water partition coefficient (Wildman–Crippen LogP) is 2.20. The normalized spacial score (nSPS) is 21.8. The minimum absolute atomic E-state index is 0.0590. The van der Waals surface area contributed by atoms with Crippen LogP contribution < -0.4 is 10.9 Å². The van der Waals surface area contributed by atoms with Gasteiger partial charge in [0, 0.05) is 23.2 Å². The molecule has 1 aromatic carbocycles. The fourth-order valence-corrected chi connectivity index (χ4v) is 3.45. The molecular formula is C20H24FN3O3. The maximum Gasteiger partial charge on any atom is 0.267 e. The van der Waals surface area contributed by atoms with Crippen LogP contribution in [0.3, 0.4) is 0 Å². The molecule has 0 bridgehead atoms. The Bertz CT molecular complexity index is 913. The lowest BCUT2D eigenvalue weighted by Gasteiger charge is -2.41. The largest absolute Gasteiger partial charge is 0.390 e. The molecular weight excluding hydrogens is 349 g/mol. The zero-order valence-corrected chi connectivity index (χ0v) is 15.7. The van der Waals surface area contributed by atoms with Gasteiger partial charge in [-0.05, 0) is 31.7 Å². The number of aliphatic hydroxyl groups is 1. The van der Waals surface area contributed by atoms with E-state index in [1.807, 2.05) is 13.8 Å². The summed E-state index contributed by atoms with van der Waals surface area (Å²) in [7, 11) is 0. The maximum atomic E-state index is 14.2. The molecule has 0 aliphatic heterocycles. The molecule has 0 saturated heterocycles. The van der Waals surface area contributed by atoms with E-state index < -0.39 is 17.0 Å². The Balaban J connectivity index is 1.85. The van der Waals surface area contributed by atoms with Crippen LogP contribution in [0.5, 0.6) is 0 Å². The predicted molar refractivity (Wildman–Crippen MR) is 99.8 cm³/mol. The molecule has 2 N–H and O–H groups in total. The molecule has 1 saturated carbocycles. The molecule has 0 unspecified atom stereocenters. The van der Waals surface area contributed by atoms with Crippen LogP contribution in [0.4, 0.5) is 4.39 Å². The van der Waals surface area contributed by atoms with E-state index in [4.69, 9.17) is 0 Å². The molecule has 144 valence electrons. The van der Waals surface area contributed by atoms with Gasteiger partial charge in [0.1, 0.15) is 12.4 Å². The monoisotopic (exact) mass is 373 g/mol. The van der Waals surface area contributed by atoms with E-state index in [-0.39, 0.29) is 24.4 Å². The van der Waals surface area contributed by atoms with Crippen LogP contribution in [0.15, 0.2) is 35.1 Å². The standard InChI is InChI=1S/C20H24FN3O3/c1-12(2)19-15(14-6-4-5-7-16(14)21)8-18(26)24(23-19)11-17(25)22-13-9-20(3,27)10-13/h4-8,12-13,27H,9-11H2,1-3H3,(H,22,25)/t13-,20+. The second-order valence-electron chi connectivity index (χ2n) is 7.74. The van der Waals surface area contributed by atoms with Crippen LogP contribution >= 0.6 is 0 Å². The lowest BCUT2D eigenvalue weighted by atomic mass is 9.77. The van der Waals surface area contributed by atoms with Crippen LogP contribution in [0.2, 0.25) is 0 Å². The zero-order chi connectivity index (χ0) is 19.8. The van der Waals surface area contributed by atoms with Crippen molar-refractivity contribution in [3.05, 3.63) is 52.2 Å². The number of nitrogens with one attached hydrogen (secondary N) is 1. The van der Waals surface area contributed by atoms with Crippen molar-refractivity contribution in [1.82, 2.24) is 15.1 Å². The van der Waals surface area contributed by atoms with E-state index in [1.54, 1.807) is 25.1 Å². The van der Waals surface area contributed by atoms with Crippen molar-refractivity contribution in [1.29, 1.82) is 0 Å². The van der Waals surface area contributed by atoms with E-state index in [0.717, 1.165) is 4.68 Å². The first-order valence-corrected chi connectivity index (χ1v) is 9.05. The van der Waals surface area contributed by atoms with Crippen molar-refractivity contribution in [2.45, 2.75) is 57.7 Å². The number of aromatic nitrogens is 2. The van der Waals surface area contributed by atoms with Gasteiger partial charge in [0.25, 0.3) is 5.56 Å². The first kappa shape index (κ1) is 19.2. The van der Waals surface area contributed by atoms with Gasteiger partial charge in [0.15, 0.2) is 0 Å². The molecule has 27 heavy (non-hydrogen) atoms. The van der Waals surface area contributed by atoms with Crippen molar-refractivity contribution in [2.24, 2.45) is 0 Å². The van der Waals surface area contributed by atoms with Gasteiger partial charge < -0.3 is 10.4 Å². The highest BCUT2D eigenvalue weighted by atomic mass is 19.1. The van der Waals surface area contributed by atoms with Gasteiger partial charge in [0.2, 0.25) is 5.91 Å². The maximum absolute atomic E-state index is 14.2. The molecule has 6 nitrogen and oxygen atoms in total. The highest BCUT2D eigenvalue weighted by Gasteiger charge is 2.39. The first-order chi connectivity index (χ1) is 12.7.